The topological polar surface area (TPSA) is 88.5 Å². The number of carbonyl (C=O) groups excluding carboxylic acids is 1. The van der Waals surface area contributed by atoms with Gasteiger partial charge in [-0.2, -0.15) is 0 Å². The van der Waals surface area contributed by atoms with Gasteiger partial charge in [0, 0.05) is 28.0 Å². The number of aromatic carboxylic acids is 1. The van der Waals surface area contributed by atoms with E-state index in [0.29, 0.717) is 27.5 Å². The molecule has 0 unspecified atom stereocenters. The summed E-state index contributed by atoms with van der Waals surface area (Å²) in [4.78, 5) is 28.4. The van der Waals surface area contributed by atoms with Crippen LogP contribution in [0.2, 0.25) is 0 Å². The second kappa shape index (κ2) is 11.5. The molecule has 2 N–H and O–H groups in total. The molecule has 0 radical (unpaired) electrons. The Morgan fingerprint density at radius 1 is 0.917 bits per heavy atom. The van der Waals surface area contributed by atoms with Gasteiger partial charge in [-0.1, -0.05) is 30.3 Å². The van der Waals surface area contributed by atoms with Gasteiger partial charge in [0.15, 0.2) is 0 Å². The van der Waals surface area contributed by atoms with Crippen LogP contribution in [0.1, 0.15) is 31.8 Å². The van der Waals surface area contributed by atoms with Crippen LogP contribution in [0.5, 0.6) is 5.75 Å². The first kappa shape index (κ1) is 24.9. The molecule has 0 aliphatic carbocycles. The molecule has 0 bridgehead atoms. The van der Waals surface area contributed by atoms with Crippen molar-refractivity contribution in [3.63, 3.8) is 0 Å². The minimum absolute atomic E-state index is 0.0102. The maximum Gasteiger partial charge on any atom is 0.337 e. The molecule has 1 aromatic heterocycles. The number of ether oxygens (including phenoxy) is 1. The fourth-order valence-corrected chi connectivity index (χ4v) is 4.11. The van der Waals surface area contributed by atoms with E-state index in [-0.39, 0.29) is 29.4 Å². The third-order valence-corrected chi connectivity index (χ3v) is 6.18. The van der Waals surface area contributed by atoms with Gasteiger partial charge >= 0.3 is 5.97 Å². The van der Waals surface area contributed by atoms with E-state index in [4.69, 9.17) is 9.84 Å². The Morgan fingerprint density at radius 3 is 2.36 bits per heavy atom. The van der Waals surface area contributed by atoms with E-state index in [1.54, 1.807) is 48.5 Å². The van der Waals surface area contributed by atoms with Crippen molar-refractivity contribution in [1.29, 1.82) is 0 Å². The fourth-order valence-electron chi connectivity index (χ4n) is 3.24. The highest BCUT2D eigenvalue weighted by Gasteiger charge is 2.13. The molecule has 0 aliphatic heterocycles. The molecule has 1 amide bonds. The Labute approximate surface area is 210 Å². The van der Waals surface area contributed by atoms with E-state index in [1.165, 1.54) is 42.1 Å². The number of carboxylic acids is 1. The molecular formula is C27H20F2N2O4S. The normalized spacial score (nSPS) is 10.6. The van der Waals surface area contributed by atoms with Crippen LogP contribution in [0.15, 0.2) is 90.0 Å². The van der Waals surface area contributed by atoms with Crippen LogP contribution in [0, 0.1) is 11.6 Å². The number of thioether (sulfide) groups is 1. The second-order valence-corrected chi connectivity index (χ2v) is 8.67. The molecule has 6 nitrogen and oxygen atoms in total. The zero-order valence-corrected chi connectivity index (χ0v) is 19.6. The average molecular weight is 507 g/mol. The minimum Gasteiger partial charge on any atom is -0.489 e. The van der Waals surface area contributed by atoms with Crippen molar-refractivity contribution < 1.29 is 28.2 Å². The van der Waals surface area contributed by atoms with Crippen LogP contribution in [-0.4, -0.2) is 22.0 Å². The molecule has 0 fully saturated rings. The van der Waals surface area contributed by atoms with Gasteiger partial charge in [0.05, 0.1) is 5.56 Å². The van der Waals surface area contributed by atoms with Crippen LogP contribution >= 0.6 is 11.8 Å². The Hall–Kier alpha value is -4.24. The number of halogens is 2. The first-order chi connectivity index (χ1) is 17.4. The fraction of sp³-hybridized carbons (Fsp3) is 0.0741. The van der Waals surface area contributed by atoms with Crippen LogP contribution in [0.3, 0.4) is 0 Å². The standard InChI is InChI=1S/C27H20F2N2O4S/c28-22-6-2-1-5-19(22)15-35-21-12-17(16-36-24-8-4-3-7-23(24)29)11-20(13-21)26(32)31-25-10-9-18(14-30-25)27(33)34/h1-14H,15-16H2,(H,33,34)(H,30,31,32). The predicted molar refractivity (Wildman–Crippen MR) is 132 cm³/mol. The van der Waals surface area contributed by atoms with Crippen molar-refractivity contribution in [1.82, 2.24) is 4.98 Å². The number of anilines is 1. The lowest BCUT2D eigenvalue weighted by molar-refractivity contribution is 0.0696. The highest BCUT2D eigenvalue weighted by Crippen LogP contribution is 2.28. The van der Waals surface area contributed by atoms with Crippen molar-refractivity contribution in [2.75, 3.05) is 5.32 Å². The number of carboxylic acid groups (broad SMARTS) is 1. The molecule has 4 aromatic rings. The van der Waals surface area contributed by atoms with Gasteiger partial charge in [0.2, 0.25) is 0 Å². The van der Waals surface area contributed by atoms with Crippen molar-refractivity contribution in [2.24, 2.45) is 0 Å². The Balaban J connectivity index is 1.56. The molecule has 1 heterocycles. The van der Waals surface area contributed by atoms with Gasteiger partial charge in [-0.15, -0.1) is 11.8 Å². The van der Waals surface area contributed by atoms with Gasteiger partial charge in [-0.3, -0.25) is 4.79 Å². The highest BCUT2D eigenvalue weighted by molar-refractivity contribution is 7.98. The molecule has 4 rings (SSSR count). The van der Waals surface area contributed by atoms with Crippen molar-refractivity contribution in [2.45, 2.75) is 17.3 Å². The summed E-state index contributed by atoms with van der Waals surface area (Å²) in [6.07, 6.45) is 1.14. The lowest BCUT2D eigenvalue weighted by Crippen LogP contribution is -2.14. The third-order valence-electron chi connectivity index (χ3n) is 5.06. The number of hydrogen-bond donors (Lipinski definition) is 2. The van der Waals surface area contributed by atoms with Crippen molar-refractivity contribution in [3.05, 3.63) is 119 Å². The van der Waals surface area contributed by atoms with Crippen LogP contribution in [0.4, 0.5) is 14.6 Å². The Kier molecular flexibility index (Phi) is 7.92. The maximum atomic E-state index is 14.1. The van der Waals surface area contributed by atoms with Crippen LogP contribution in [0.25, 0.3) is 0 Å². The number of nitrogens with zero attached hydrogens (tertiary/aromatic N) is 1. The summed E-state index contributed by atoms with van der Waals surface area (Å²) in [6, 6.07) is 20.2. The summed E-state index contributed by atoms with van der Waals surface area (Å²) in [7, 11) is 0. The predicted octanol–water partition coefficient (Wildman–Crippen LogP) is 6.18. The summed E-state index contributed by atoms with van der Waals surface area (Å²) in [6.45, 7) is -0.0458. The molecule has 36 heavy (non-hydrogen) atoms. The van der Waals surface area contributed by atoms with E-state index in [1.807, 2.05) is 0 Å². The molecule has 0 aliphatic rings. The Morgan fingerprint density at radius 2 is 1.67 bits per heavy atom. The minimum atomic E-state index is -1.13. The van der Waals surface area contributed by atoms with E-state index < -0.39 is 17.7 Å². The molecule has 0 atom stereocenters. The highest BCUT2D eigenvalue weighted by atomic mass is 32.2. The molecule has 182 valence electrons. The molecule has 0 spiro atoms. The number of nitrogens with one attached hydrogen (secondary N) is 1. The number of rotatable bonds is 9. The average Bonchev–Trinajstić information content (AvgIpc) is 2.88. The number of hydrogen-bond acceptors (Lipinski definition) is 5. The number of amides is 1. The maximum absolute atomic E-state index is 14.1. The lowest BCUT2D eigenvalue weighted by atomic mass is 10.1. The lowest BCUT2D eigenvalue weighted by Gasteiger charge is -2.12. The quantitative estimate of drug-likeness (QED) is 0.264. The molecule has 3 aromatic carbocycles. The zero-order chi connectivity index (χ0) is 25.5. The molecule has 0 saturated carbocycles. The largest absolute Gasteiger partial charge is 0.489 e. The monoisotopic (exact) mass is 506 g/mol. The van der Waals surface area contributed by atoms with Gasteiger partial charge in [0.25, 0.3) is 5.91 Å². The molecular weight excluding hydrogens is 486 g/mol. The summed E-state index contributed by atoms with van der Waals surface area (Å²) in [5.74, 6) is -1.52. The van der Waals surface area contributed by atoms with Gasteiger partial charge < -0.3 is 15.2 Å². The summed E-state index contributed by atoms with van der Waals surface area (Å²) >= 11 is 1.26. The number of carbonyl (C=O) groups is 2. The smallest absolute Gasteiger partial charge is 0.337 e. The van der Waals surface area contributed by atoms with Gasteiger partial charge in [-0.05, 0) is 54.1 Å². The SMILES string of the molecule is O=C(O)c1ccc(NC(=O)c2cc(CSc3ccccc3F)cc(OCc3ccccc3F)c2)nc1. The van der Waals surface area contributed by atoms with Crippen molar-refractivity contribution in [3.8, 4) is 5.75 Å². The van der Waals surface area contributed by atoms with Crippen LogP contribution < -0.4 is 10.1 Å². The van der Waals surface area contributed by atoms with E-state index in [0.717, 1.165) is 6.20 Å². The number of pyridine rings is 1. The van der Waals surface area contributed by atoms with E-state index in [9.17, 15) is 18.4 Å². The number of benzene rings is 3. The first-order valence-corrected chi connectivity index (χ1v) is 11.8. The van der Waals surface area contributed by atoms with Gasteiger partial charge in [0.1, 0.15) is 29.8 Å². The third kappa shape index (κ3) is 6.45. The zero-order valence-electron chi connectivity index (χ0n) is 18.8. The molecule has 0 saturated heterocycles. The van der Waals surface area contributed by atoms with E-state index >= 15 is 0 Å². The molecule has 9 heteroatoms. The van der Waals surface area contributed by atoms with E-state index in [2.05, 4.69) is 10.3 Å². The second-order valence-electron chi connectivity index (χ2n) is 7.66. The summed E-state index contributed by atoms with van der Waals surface area (Å²) in [5, 5.41) is 11.6. The van der Waals surface area contributed by atoms with Crippen molar-refractivity contribution >= 4 is 29.5 Å². The summed E-state index contributed by atoms with van der Waals surface area (Å²) < 4.78 is 33.9. The first-order valence-electron chi connectivity index (χ1n) is 10.8. The number of aromatic nitrogens is 1. The van der Waals surface area contributed by atoms with Crippen LogP contribution in [-0.2, 0) is 12.4 Å². The summed E-state index contributed by atoms with van der Waals surface area (Å²) in [5.41, 5.74) is 1.28. The van der Waals surface area contributed by atoms with Gasteiger partial charge in [-0.25, -0.2) is 18.6 Å². The Bertz CT molecular complexity index is 1330.